The van der Waals surface area contributed by atoms with Crippen LogP contribution in [0.15, 0.2) is 54.6 Å². The molecule has 2 aromatic carbocycles. The first-order valence-electron chi connectivity index (χ1n) is 12.6. The normalized spacial score (nSPS) is 12.5. The van der Waals surface area contributed by atoms with Gasteiger partial charge < -0.3 is 15.0 Å². The summed E-state index contributed by atoms with van der Waals surface area (Å²) in [5, 5.41) is 3.00. The van der Waals surface area contributed by atoms with Gasteiger partial charge in [-0.05, 0) is 57.7 Å². The van der Waals surface area contributed by atoms with Gasteiger partial charge in [-0.1, -0.05) is 43.3 Å². The lowest BCUT2D eigenvalue weighted by molar-refractivity contribution is -0.141. The van der Waals surface area contributed by atoms with E-state index in [1.807, 2.05) is 58.0 Å². The Bertz CT molecular complexity index is 1130. The fourth-order valence-electron chi connectivity index (χ4n) is 4.12. The van der Waals surface area contributed by atoms with Crippen LogP contribution in [0.4, 0.5) is 5.69 Å². The number of hydrogen-bond acceptors (Lipinski definition) is 5. The maximum absolute atomic E-state index is 13.5. The van der Waals surface area contributed by atoms with Gasteiger partial charge in [0, 0.05) is 31.1 Å². The minimum Gasteiger partial charge on any atom is -0.497 e. The van der Waals surface area contributed by atoms with E-state index in [0.717, 1.165) is 11.8 Å². The highest BCUT2D eigenvalue weighted by molar-refractivity contribution is 7.92. The molecular weight excluding hydrogens is 490 g/mol. The lowest BCUT2D eigenvalue weighted by atomic mass is 10.0. The van der Waals surface area contributed by atoms with Gasteiger partial charge in [-0.3, -0.25) is 13.9 Å². The molecular formula is C28H41N3O5S. The molecule has 8 nitrogen and oxygen atoms in total. The van der Waals surface area contributed by atoms with E-state index >= 15 is 0 Å². The summed E-state index contributed by atoms with van der Waals surface area (Å²) >= 11 is 0. The van der Waals surface area contributed by atoms with Crippen LogP contribution in [0, 0.1) is 0 Å². The van der Waals surface area contributed by atoms with Crippen LogP contribution >= 0.6 is 0 Å². The average Bonchev–Trinajstić information content (AvgIpc) is 2.83. The second-order valence-corrected chi connectivity index (χ2v) is 12.0. The number of rotatable bonds is 13. The quantitative estimate of drug-likeness (QED) is 0.421. The Morgan fingerprint density at radius 1 is 1.03 bits per heavy atom. The van der Waals surface area contributed by atoms with Gasteiger partial charge in [0.2, 0.25) is 21.8 Å². The number of methoxy groups -OCH3 is 1. The molecule has 0 fully saturated rings. The second kappa shape index (κ2) is 13.5. The molecule has 37 heavy (non-hydrogen) atoms. The lowest BCUT2D eigenvalue weighted by Crippen LogP contribution is -2.54. The van der Waals surface area contributed by atoms with Crippen molar-refractivity contribution in [3.8, 4) is 5.75 Å². The Morgan fingerprint density at radius 2 is 1.70 bits per heavy atom. The molecule has 0 heterocycles. The van der Waals surface area contributed by atoms with Gasteiger partial charge in [0.25, 0.3) is 0 Å². The third-order valence-electron chi connectivity index (χ3n) is 5.86. The van der Waals surface area contributed by atoms with E-state index in [2.05, 4.69) is 5.32 Å². The molecule has 204 valence electrons. The summed E-state index contributed by atoms with van der Waals surface area (Å²) in [6, 6.07) is 16.0. The standard InChI is InChI=1S/C28H41N3O5S/c1-7-25(27(33)29-28(2,3)4)30(20-18-22-13-9-8-10-14-22)26(32)17-12-19-31(37(6,34)35)23-15-11-16-24(21-23)36-5/h8-11,13-16,21,25H,7,12,17-20H2,1-6H3,(H,29,33)/t25-/m0/s1. The molecule has 0 radical (unpaired) electrons. The molecule has 2 rings (SSSR count). The van der Waals surface area contributed by atoms with Gasteiger partial charge in [-0.15, -0.1) is 0 Å². The summed E-state index contributed by atoms with van der Waals surface area (Å²) in [5.41, 5.74) is 1.13. The SMILES string of the molecule is CC[C@@H](C(=O)NC(C)(C)C)N(CCc1ccccc1)C(=O)CCCN(c1cccc(OC)c1)S(C)(=O)=O. The molecule has 0 bridgehead atoms. The maximum atomic E-state index is 13.5. The number of carbonyl (C=O) groups excluding carboxylic acids is 2. The van der Waals surface area contributed by atoms with E-state index in [1.54, 1.807) is 29.2 Å². The van der Waals surface area contributed by atoms with Gasteiger partial charge in [-0.2, -0.15) is 0 Å². The van der Waals surface area contributed by atoms with E-state index in [1.165, 1.54) is 11.4 Å². The number of anilines is 1. The second-order valence-electron chi connectivity index (χ2n) is 10.1. The van der Waals surface area contributed by atoms with Crippen molar-refractivity contribution in [1.82, 2.24) is 10.2 Å². The monoisotopic (exact) mass is 531 g/mol. The van der Waals surface area contributed by atoms with Crippen LogP contribution in [-0.2, 0) is 26.0 Å². The molecule has 1 atom stereocenters. The van der Waals surface area contributed by atoms with Gasteiger partial charge in [-0.25, -0.2) is 8.42 Å². The van der Waals surface area contributed by atoms with Crippen LogP contribution in [0.3, 0.4) is 0 Å². The van der Waals surface area contributed by atoms with Crippen LogP contribution in [0.25, 0.3) is 0 Å². The number of nitrogens with zero attached hydrogens (tertiary/aromatic N) is 2. The Balaban J connectivity index is 2.19. The van der Waals surface area contributed by atoms with Crippen molar-refractivity contribution in [2.45, 2.75) is 65.0 Å². The zero-order valence-corrected chi connectivity index (χ0v) is 23.7. The van der Waals surface area contributed by atoms with E-state index < -0.39 is 21.6 Å². The van der Waals surface area contributed by atoms with E-state index in [-0.39, 0.29) is 24.8 Å². The predicted octanol–water partition coefficient (Wildman–Crippen LogP) is 4.01. The van der Waals surface area contributed by atoms with E-state index in [0.29, 0.717) is 37.2 Å². The number of benzene rings is 2. The number of sulfonamides is 1. The minimum atomic E-state index is -3.57. The van der Waals surface area contributed by atoms with Gasteiger partial charge in [0.1, 0.15) is 11.8 Å². The van der Waals surface area contributed by atoms with E-state index in [9.17, 15) is 18.0 Å². The molecule has 1 N–H and O–H groups in total. The van der Waals surface area contributed by atoms with Crippen molar-refractivity contribution in [2.24, 2.45) is 0 Å². The molecule has 0 saturated carbocycles. The van der Waals surface area contributed by atoms with Crippen molar-refractivity contribution in [3.63, 3.8) is 0 Å². The highest BCUT2D eigenvalue weighted by Crippen LogP contribution is 2.24. The highest BCUT2D eigenvalue weighted by atomic mass is 32.2. The first kappa shape index (κ1) is 30.2. The molecule has 0 aliphatic rings. The third kappa shape index (κ3) is 9.72. The predicted molar refractivity (Wildman–Crippen MR) is 148 cm³/mol. The Hall–Kier alpha value is -3.07. The number of hydrogen-bond donors (Lipinski definition) is 1. The van der Waals surface area contributed by atoms with Crippen molar-refractivity contribution in [3.05, 3.63) is 60.2 Å². The van der Waals surface area contributed by atoms with Crippen LogP contribution in [0.5, 0.6) is 5.75 Å². The van der Waals surface area contributed by atoms with E-state index in [4.69, 9.17) is 4.74 Å². The lowest BCUT2D eigenvalue weighted by Gasteiger charge is -2.33. The van der Waals surface area contributed by atoms with Gasteiger partial charge >= 0.3 is 0 Å². The topological polar surface area (TPSA) is 96.0 Å². The Labute approximate surface area is 222 Å². The zero-order chi connectivity index (χ0) is 27.6. The van der Waals surface area contributed by atoms with Crippen LogP contribution in [0.1, 0.15) is 52.5 Å². The summed E-state index contributed by atoms with van der Waals surface area (Å²) in [6.45, 7) is 8.15. The summed E-state index contributed by atoms with van der Waals surface area (Å²) in [4.78, 5) is 28.2. The number of nitrogens with one attached hydrogen (secondary N) is 1. The smallest absolute Gasteiger partial charge is 0.243 e. The van der Waals surface area contributed by atoms with Crippen LogP contribution < -0.4 is 14.4 Å². The first-order valence-corrected chi connectivity index (χ1v) is 14.5. The fraction of sp³-hybridized carbons (Fsp3) is 0.500. The van der Waals surface area contributed by atoms with Crippen molar-refractivity contribution in [2.75, 3.05) is 30.8 Å². The Kier molecular flexibility index (Phi) is 11.0. The molecule has 2 amide bonds. The number of amides is 2. The molecule has 0 spiro atoms. The first-order chi connectivity index (χ1) is 17.4. The fourth-order valence-corrected chi connectivity index (χ4v) is 5.08. The molecule has 0 aromatic heterocycles. The maximum Gasteiger partial charge on any atom is 0.243 e. The largest absolute Gasteiger partial charge is 0.497 e. The van der Waals surface area contributed by atoms with Crippen molar-refractivity contribution >= 4 is 27.5 Å². The molecule has 0 saturated heterocycles. The summed E-state index contributed by atoms with van der Waals surface area (Å²) in [6.07, 6.45) is 2.66. The molecule has 0 aliphatic carbocycles. The molecule has 9 heteroatoms. The Morgan fingerprint density at radius 3 is 2.27 bits per heavy atom. The molecule has 2 aromatic rings. The van der Waals surface area contributed by atoms with Gasteiger partial charge in [0.05, 0.1) is 19.1 Å². The number of ether oxygens (including phenoxy) is 1. The van der Waals surface area contributed by atoms with Crippen LogP contribution in [0.2, 0.25) is 0 Å². The summed E-state index contributed by atoms with van der Waals surface area (Å²) < 4.78 is 31.5. The summed E-state index contributed by atoms with van der Waals surface area (Å²) in [7, 11) is -2.05. The van der Waals surface area contributed by atoms with Gasteiger partial charge in [0.15, 0.2) is 0 Å². The molecule has 0 aliphatic heterocycles. The average molecular weight is 532 g/mol. The minimum absolute atomic E-state index is 0.115. The molecule has 0 unspecified atom stereocenters. The van der Waals surface area contributed by atoms with Crippen molar-refractivity contribution in [1.29, 1.82) is 0 Å². The third-order valence-corrected chi connectivity index (χ3v) is 7.06. The van der Waals surface area contributed by atoms with Crippen LogP contribution in [-0.4, -0.2) is 63.2 Å². The highest BCUT2D eigenvalue weighted by Gasteiger charge is 2.30. The van der Waals surface area contributed by atoms with Crippen molar-refractivity contribution < 1.29 is 22.7 Å². The number of carbonyl (C=O) groups is 2. The summed E-state index contributed by atoms with van der Waals surface area (Å²) in [5.74, 6) is 0.182. The zero-order valence-electron chi connectivity index (χ0n) is 22.9.